The zero-order valence-electron chi connectivity index (χ0n) is 28.8. The molecule has 0 bridgehead atoms. The Morgan fingerprint density at radius 2 is 0.957 bits per heavy atom. The predicted octanol–water partition coefficient (Wildman–Crippen LogP) is 10.3. The van der Waals surface area contributed by atoms with Crippen LogP contribution in [-0.4, -0.2) is 11.9 Å². The quantitative estimate of drug-likeness (QED) is 0.0436. The number of carbonyl (C=O) groups is 2. The summed E-state index contributed by atoms with van der Waals surface area (Å²) in [6.07, 6.45) is 20.9. The van der Waals surface area contributed by atoms with Crippen LogP contribution < -0.4 is 20.9 Å². The van der Waals surface area contributed by atoms with Gasteiger partial charge in [-0.05, 0) is 85.5 Å². The van der Waals surface area contributed by atoms with Gasteiger partial charge in [0.05, 0.1) is 0 Å². The molecule has 0 atom stereocenters. The second kappa shape index (κ2) is 22.7. The smallest absolute Gasteiger partial charge is 0.311 e. The number of para-hydroxylation sites is 1. The molecule has 0 aliphatic carbocycles. The number of aryl methyl sites for hydroxylation is 3. The Morgan fingerprint density at radius 1 is 0.511 bits per heavy atom. The molecule has 0 radical (unpaired) electrons. The van der Waals surface area contributed by atoms with Gasteiger partial charge in [-0.3, -0.25) is 9.59 Å². The van der Waals surface area contributed by atoms with E-state index in [0.717, 1.165) is 60.2 Å². The van der Waals surface area contributed by atoms with Crippen LogP contribution in [0.25, 0.3) is 0 Å². The van der Waals surface area contributed by atoms with Crippen molar-refractivity contribution in [2.45, 2.75) is 135 Å². The zero-order chi connectivity index (χ0) is 33.5. The lowest BCUT2D eigenvalue weighted by molar-refractivity contribution is -0.137. The number of hydrogen-bond donors (Lipinski definition) is 2. The number of nitrogen functional groups attached to an aromatic ring is 2. The van der Waals surface area contributed by atoms with Crippen LogP contribution in [0.1, 0.15) is 133 Å². The molecule has 0 spiro atoms. The Labute approximate surface area is 283 Å². The minimum absolute atomic E-state index is 0.266. The molecule has 3 rings (SSSR count). The molecule has 0 heterocycles. The number of carbonyl (C=O) groups excluding carboxylic acids is 2. The second-order valence-electron chi connectivity index (χ2n) is 12.9. The van der Waals surface area contributed by atoms with Gasteiger partial charge in [0.2, 0.25) is 0 Å². The van der Waals surface area contributed by atoms with Crippen molar-refractivity contribution in [1.29, 1.82) is 0 Å². The maximum absolute atomic E-state index is 13.0. The lowest BCUT2D eigenvalue weighted by Gasteiger charge is -2.15. The van der Waals surface area contributed by atoms with Gasteiger partial charge in [0.25, 0.3) is 0 Å². The van der Waals surface area contributed by atoms with E-state index < -0.39 is 0 Å². The molecule has 4 N–H and O–H groups in total. The minimum atomic E-state index is -0.334. The Bertz CT molecular complexity index is 1300. The first-order chi connectivity index (χ1) is 22.9. The molecule has 0 aliphatic rings. The Hall–Kier alpha value is -3.80. The van der Waals surface area contributed by atoms with Crippen molar-refractivity contribution < 1.29 is 19.1 Å². The minimum Gasteiger partial charge on any atom is -0.423 e. The highest BCUT2D eigenvalue weighted by Gasteiger charge is 2.18. The van der Waals surface area contributed by atoms with Gasteiger partial charge in [0, 0.05) is 24.2 Å². The summed E-state index contributed by atoms with van der Waals surface area (Å²) in [7, 11) is 0. The van der Waals surface area contributed by atoms with Crippen molar-refractivity contribution in [2.24, 2.45) is 0 Å². The standard InChI is InChI=1S/C41H58N2O4/c1-2-3-4-5-6-7-8-9-10-11-12-13-14-20-35-21-17-22-38(46-39(44)23-15-18-33-25-29-36(42)30-26-33)41(35)47-40(45)24-16-19-34-27-31-37(43)32-28-34/h17,21-22,25-32H,2-16,18-20,23-24,42-43H2,1H3. The average Bonchev–Trinajstić information content (AvgIpc) is 3.06. The maximum atomic E-state index is 13.0. The predicted molar refractivity (Wildman–Crippen MR) is 195 cm³/mol. The molecule has 256 valence electrons. The number of nitrogens with two attached hydrogens (primary N) is 2. The molecule has 47 heavy (non-hydrogen) atoms. The SMILES string of the molecule is CCCCCCCCCCCCCCCc1cccc(OC(=O)CCCc2ccc(N)cc2)c1OC(=O)CCCc1ccc(N)cc1. The van der Waals surface area contributed by atoms with Gasteiger partial charge in [-0.2, -0.15) is 0 Å². The largest absolute Gasteiger partial charge is 0.423 e. The topological polar surface area (TPSA) is 105 Å². The van der Waals surface area contributed by atoms with Crippen LogP contribution in [0.5, 0.6) is 11.5 Å². The van der Waals surface area contributed by atoms with Crippen LogP contribution in [0.3, 0.4) is 0 Å². The molecule has 0 amide bonds. The zero-order valence-corrected chi connectivity index (χ0v) is 28.8. The molecule has 0 fully saturated rings. The van der Waals surface area contributed by atoms with Gasteiger partial charge in [0.15, 0.2) is 11.5 Å². The summed E-state index contributed by atoms with van der Waals surface area (Å²) in [5, 5.41) is 0. The molecule has 0 unspecified atom stereocenters. The molecule has 0 saturated carbocycles. The van der Waals surface area contributed by atoms with Gasteiger partial charge >= 0.3 is 11.9 Å². The van der Waals surface area contributed by atoms with E-state index in [4.69, 9.17) is 20.9 Å². The lowest BCUT2D eigenvalue weighted by atomic mass is 10.0. The number of anilines is 2. The third-order valence-electron chi connectivity index (χ3n) is 8.70. The molecule has 3 aromatic rings. The average molecular weight is 643 g/mol. The van der Waals surface area contributed by atoms with Gasteiger partial charge in [-0.15, -0.1) is 0 Å². The van der Waals surface area contributed by atoms with Crippen LogP contribution in [0, 0.1) is 0 Å². The van der Waals surface area contributed by atoms with Crippen molar-refractivity contribution in [3.8, 4) is 11.5 Å². The summed E-state index contributed by atoms with van der Waals surface area (Å²) in [4.78, 5) is 25.9. The lowest BCUT2D eigenvalue weighted by Crippen LogP contribution is -2.14. The van der Waals surface area contributed by atoms with Gasteiger partial charge in [-0.25, -0.2) is 0 Å². The first-order valence-corrected chi connectivity index (χ1v) is 18.2. The number of rotatable bonds is 24. The molecular formula is C41H58N2O4. The number of ether oxygens (including phenoxy) is 2. The van der Waals surface area contributed by atoms with Crippen molar-refractivity contribution in [1.82, 2.24) is 0 Å². The monoisotopic (exact) mass is 642 g/mol. The molecule has 0 aliphatic heterocycles. The van der Waals surface area contributed by atoms with E-state index in [0.29, 0.717) is 24.3 Å². The van der Waals surface area contributed by atoms with Crippen molar-refractivity contribution in [2.75, 3.05) is 11.5 Å². The Balaban J connectivity index is 1.48. The summed E-state index contributed by atoms with van der Waals surface area (Å²) in [6, 6.07) is 21.0. The number of benzene rings is 3. The summed E-state index contributed by atoms with van der Waals surface area (Å²) in [6.45, 7) is 2.27. The summed E-state index contributed by atoms with van der Waals surface area (Å²) >= 11 is 0. The molecule has 0 aromatic heterocycles. The van der Waals surface area contributed by atoms with Crippen LogP contribution in [0.2, 0.25) is 0 Å². The fourth-order valence-corrected chi connectivity index (χ4v) is 5.87. The van der Waals surface area contributed by atoms with Gasteiger partial charge < -0.3 is 20.9 Å². The van der Waals surface area contributed by atoms with E-state index in [1.807, 2.05) is 60.7 Å². The highest BCUT2D eigenvalue weighted by atomic mass is 16.6. The molecular weight excluding hydrogens is 584 g/mol. The molecule has 3 aromatic carbocycles. The van der Waals surface area contributed by atoms with Crippen molar-refractivity contribution >= 4 is 23.3 Å². The van der Waals surface area contributed by atoms with Crippen molar-refractivity contribution in [3.05, 3.63) is 83.4 Å². The highest BCUT2D eigenvalue weighted by molar-refractivity contribution is 5.77. The normalized spacial score (nSPS) is 11.0. The number of unbranched alkanes of at least 4 members (excludes halogenated alkanes) is 12. The van der Waals surface area contributed by atoms with Crippen LogP contribution in [0.15, 0.2) is 66.7 Å². The summed E-state index contributed by atoms with van der Waals surface area (Å²) in [5.74, 6) is 0.0514. The fraction of sp³-hybridized carbons (Fsp3) is 0.512. The van der Waals surface area contributed by atoms with E-state index >= 15 is 0 Å². The van der Waals surface area contributed by atoms with E-state index in [1.54, 1.807) is 6.07 Å². The number of hydrogen-bond acceptors (Lipinski definition) is 6. The second-order valence-corrected chi connectivity index (χ2v) is 12.9. The van der Waals surface area contributed by atoms with E-state index in [1.165, 1.54) is 70.6 Å². The summed E-state index contributed by atoms with van der Waals surface area (Å²) in [5.41, 5.74) is 16.2. The summed E-state index contributed by atoms with van der Waals surface area (Å²) < 4.78 is 11.7. The number of esters is 2. The van der Waals surface area contributed by atoms with Crippen molar-refractivity contribution in [3.63, 3.8) is 0 Å². The Morgan fingerprint density at radius 3 is 1.45 bits per heavy atom. The van der Waals surface area contributed by atoms with Gasteiger partial charge in [-0.1, -0.05) is 120 Å². The Kier molecular flexibility index (Phi) is 18.2. The van der Waals surface area contributed by atoms with E-state index in [2.05, 4.69) is 6.92 Å². The fourth-order valence-electron chi connectivity index (χ4n) is 5.87. The highest BCUT2D eigenvalue weighted by Crippen LogP contribution is 2.34. The van der Waals surface area contributed by atoms with Crippen LogP contribution in [0.4, 0.5) is 11.4 Å². The third-order valence-corrected chi connectivity index (χ3v) is 8.70. The van der Waals surface area contributed by atoms with E-state index in [-0.39, 0.29) is 24.8 Å². The molecule has 0 saturated heterocycles. The first-order valence-electron chi connectivity index (χ1n) is 18.2. The molecule has 6 nitrogen and oxygen atoms in total. The molecule has 6 heteroatoms. The van der Waals surface area contributed by atoms with Gasteiger partial charge in [0.1, 0.15) is 0 Å². The first kappa shape index (κ1) is 37.7. The van der Waals surface area contributed by atoms with Crippen LogP contribution >= 0.6 is 0 Å². The van der Waals surface area contributed by atoms with E-state index in [9.17, 15) is 9.59 Å². The third kappa shape index (κ3) is 16.0. The van der Waals surface area contributed by atoms with Crippen LogP contribution in [-0.2, 0) is 28.9 Å². The maximum Gasteiger partial charge on any atom is 0.311 e.